The average molecular weight is 386 g/mol. The van der Waals surface area contributed by atoms with E-state index in [2.05, 4.69) is 10.2 Å². The molecule has 0 saturated heterocycles. The van der Waals surface area contributed by atoms with Gasteiger partial charge in [-0.3, -0.25) is 9.36 Å². The van der Waals surface area contributed by atoms with Crippen LogP contribution in [0.25, 0.3) is 21.8 Å². The summed E-state index contributed by atoms with van der Waals surface area (Å²) in [4.78, 5) is 0. The number of fused-ring (bicyclic) bond motifs is 2. The molecule has 0 amide bonds. The van der Waals surface area contributed by atoms with Gasteiger partial charge in [0.05, 0.1) is 36.5 Å². The smallest absolute Gasteiger partial charge is 0.153 e. The van der Waals surface area contributed by atoms with Crippen molar-refractivity contribution in [2.45, 2.75) is 6.92 Å². The Hall–Kier alpha value is -3.49. The third-order valence-corrected chi connectivity index (χ3v) is 4.38. The first-order valence-electron chi connectivity index (χ1n) is 8.48. The number of halogens is 1. The fourth-order valence-corrected chi connectivity index (χ4v) is 3.22. The number of methoxy groups -OCH3 is 2. The van der Waals surface area contributed by atoms with Crippen molar-refractivity contribution in [3.05, 3.63) is 35.9 Å². The summed E-state index contributed by atoms with van der Waals surface area (Å²) in [6.45, 7) is 1.96. The minimum Gasteiger partial charge on any atom is -0.494 e. The number of hydrogen-bond acceptors (Lipinski definition) is 6. The fourth-order valence-electron chi connectivity index (χ4n) is 3.22. The zero-order valence-corrected chi connectivity index (χ0v) is 16.4. The summed E-state index contributed by atoms with van der Waals surface area (Å²) in [7, 11) is 6.72. The van der Waals surface area contributed by atoms with Gasteiger partial charge in [-0.05, 0) is 13.0 Å². The molecule has 4 N–H and O–H groups in total. The number of nitrogen functional groups attached to an aromatic ring is 2. The molecule has 4 rings (SSSR count). The second-order valence-corrected chi connectivity index (χ2v) is 6.41. The second kappa shape index (κ2) is 7.26. The lowest BCUT2D eigenvalue weighted by atomic mass is 10.1. The van der Waals surface area contributed by atoms with Gasteiger partial charge in [0.15, 0.2) is 11.6 Å². The van der Waals surface area contributed by atoms with E-state index in [1.54, 1.807) is 25.0 Å². The summed E-state index contributed by atoms with van der Waals surface area (Å²) >= 11 is 0. The van der Waals surface area contributed by atoms with Gasteiger partial charge in [-0.15, -0.1) is 0 Å². The monoisotopic (exact) mass is 386 g/mol. The number of nitrogens with zero attached hydrogens (tertiary/aromatic N) is 4. The molecular weight excluding hydrogens is 363 g/mol. The number of aryl methyl sites for hydroxylation is 3. The van der Waals surface area contributed by atoms with E-state index in [1.165, 1.54) is 17.9 Å². The molecule has 0 saturated carbocycles. The van der Waals surface area contributed by atoms with Gasteiger partial charge in [0.2, 0.25) is 0 Å². The molecule has 0 radical (unpaired) electrons. The van der Waals surface area contributed by atoms with Crippen molar-refractivity contribution in [2.75, 3.05) is 25.7 Å². The van der Waals surface area contributed by atoms with E-state index in [0.717, 1.165) is 22.2 Å². The number of anilines is 2. The molecule has 2 aromatic heterocycles. The highest BCUT2D eigenvalue weighted by molar-refractivity contribution is 5.90. The van der Waals surface area contributed by atoms with E-state index in [9.17, 15) is 4.39 Å². The standard InChI is InChI=1S/C10H13N3O.C9H10FN3O/c1-6-9-7(5-13(2)12-9)4-8(11)10(6)14-3;1-13-4-5-8(12-13)6(10)3-7(11)9(5)14-2/h4-5H,11H2,1-3H3;3-4H,11H2,1-2H3. The third kappa shape index (κ3) is 3.26. The summed E-state index contributed by atoms with van der Waals surface area (Å²) < 4.78 is 27.0. The summed E-state index contributed by atoms with van der Waals surface area (Å²) in [6.07, 6.45) is 3.62. The van der Waals surface area contributed by atoms with Crippen LogP contribution in [0.5, 0.6) is 11.5 Å². The maximum absolute atomic E-state index is 13.4. The lowest BCUT2D eigenvalue weighted by molar-refractivity contribution is 0.414. The van der Waals surface area contributed by atoms with E-state index in [1.807, 2.05) is 26.2 Å². The molecule has 0 unspecified atom stereocenters. The first-order chi connectivity index (χ1) is 13.3. The van der Waals surface area contributed by atoms with Crippen molar-refractivity contribution < 1.29 is 13.9 Å². The number of nitrogens with two attached hydrogens (primary N) is 2. The van der Waals surface area contributed by atoms with Crippen LogP contribution < -0.4 is 20.9 Å². The van der Waals surface area contributed by atoms with Gasteiger partial charge < -0.3 is 20.9 Å². The highest BCUT2D eigenvalue weighted by atomic mass is 19.1. The largest absolute Gasteiger partial charge is 0.494 e. The summed E-state index contributed by atoms with van der Waals surface area (Å²) in [6, 6.07) is 3.10. The van der Waals surface area contributed by atoms with Gasteiger partial charge in [0, 0.05) is 43.5 Å². The molecule has 0 aliphatic rings. The van der Waals surface area contributed by atoms with Crippen molar-refractivity contribution in [3.8, 4) is 11.5 Å². The molecule has 0 aliphatic heterocycles. The first kappa shape index (κ1) is 19.3. The molecule has 9 heteroatoms. The molecule has 0 fully saturated rings. The van der Waals surface area contributed by atoms with Crippen molar-refractivity contribution in [2.24, 2.45) is 14.1 Å². The highest BCUT2D eigenvalue weighted by Crippen LogP contribution is 2.33. The Balaban J connectivity index is 0.000000161. The number of hydrogen-bond donors (Lipinski definition) is 2. The lowest BCUT2D eigenvalue weighted by Gasteiger charge is -2.07. The van der Waals surface area contributed by atoms with E-state index >= 15 is 0 Å². The minimum atomic E-state index is -0.432. The lowest BCUT2D eigenvalue weighted by Crippen LogP contribution is -1.95. The SMILES string of the molecule is COc1c(N)cc(F)c2nn(C)cc12.COc1c(N)cc2cn(C)nc2c1C. The van der Waals surface area contributed by atoms with E-state index in [0.29, 0.717) is 16.8 Å². The Morgan fingerprint density at radius 3 is 2.11 bits per heavy atom. The summed E-state index contributed by atoms with van der Waals surface area (Å²) in [5, 5.41) is 9.95. The quantitative estimate of drug-likeness (QED) is 0.513. The van der Waals surface area contributed by atoms with E-state index < -0.39 is 5.82 Å². The number of rotatable bonds is 2. The maximum atomic E-state index is 13.4. The van der Waals surface area contributed by atoms with Crippen LogP contribution in [0.15, 0.2) is 24.5 Å². The van der Waals surface area contributed by atoms with Crippen LogP contribution in [0.2, 0.25) is 0 Å². The predicted octanol–water partition coefficient (Wildman–Crippen LogP) is 2.78. The van der Waals surface area contributed by atoms with Gasteiger partial charge in [-0.25, -0.2) is 4.39 Å². The Kier molecular flexibility index (Phi) is 5.00. The minimum absolute atomic E-state index is 0.276. The zero-order valence-electron chi connectivity index (χ0n) is 16.4. The van der Waals surface area contributed by atoms with Crippen molar-refractivity contribution >= 4 is 33.2 Å². The molecule has 0 aliphatic carbocycles. The average Bonchev–Trinajstić information content (AvgIpc) is 3.19. The van der Waals surface area contributed by atoms with Gasteiger partial charge in [0.25, 0.3) is 0 Å². The van der Waals surface area contributed by atoms with Gasteiger partial charge in [0.1, 0.15) is 11.3 Å². The van der Waals surface area contributed by atoms with Crippen molar-refractivity contribution in [1.29, 1.82) is 0 Å². The number of ether oxygens (including phenoxy) is 2. The Bertz CT molecular complexity index is 1160. The molecule has 8 nitrogen and oxygen atoms in total. The maximum Gasteiger partial charge on any atom is 0.153 e. The highest BCUT2D eigenvalue weighted by Gasteiger charge is 2.14. The Labute approximate surface area is 161 Å². The molecule has 4 aromatic rings. The Morgan fingerprint density at radius 1 is 0.893 bits per heavy atom. The van der Waals surface area contributed by atoms with Crippen LogP contribution in [-0.4, -0.2) is 33.8 Å². The zero-order chi connectivity index (χ0) is 20.6. The molecule has 0 bridgehead atoms. The summed E-state index contributed by atoms with van der Waals surface area (Å²) in [5.41, 5.74) is 14.6. The molecule has 2 aromatic carbocycles. The number of benzene rings is 2. The predicted molar refractivity (Wildman–Crippen MR) is 108 cm³/mol. The summed E-state index contributed by atoms with van der Waals surface area (Å²) in [5.74, 6) is 0.754. The van der Waals surface area contributed by atoms with Crippen LogP contribution in [-0.2, 0) is 14.1 Å². The van der Waals surface area contributed by atoms with Crippen LogP contribution in [0.4, 0.5) is 15.8 Å². The van der Waals surface area contributed by atoms with E-state index in [-0.39, 0.29) is 11.2 Å². The normalized spacial score (nSPS) is 10.8. The molecule has 0 spiro atoms. The Morgan fingerprint density at radius 2 is 1.46 bits per heavy atom. The first-order valence-corrected chi connectivity index (χ1v) is 8.48. The molecule has 2 heterocycles. The van der Waals surface area contributed by atoms with Gasteiger partial charge in [-0.2, -0.15) is 10.2 Å². The van der Waals surface area contributed by atoms with Crippen molar-refractivity contribution in [1.82, 2.24) is 19.6 Å². The molecule has 148 valence electrons. The van der Waals surface area contributed by atoms with Crippen molar-refractivity contribution in [3.63, 3.8) is 0 Å². The van der Waals surface area contributed by atoms with Crippen LogP contribution in [0.1, 0.15) is 5.56 Å². The molecular formula is C19H23FN6O2. The van der Waals surface area contributed by atoms with Gasteiger partial charge >= 0.3 is 0 Å². The van der Waals surface area contributed by atoms with E-state index in [4.69, 9.17) is 20.9 Å². The van der Waals surface area contributed by atoms with Gasteiger partial charge in [-0.1, -0.05) is 0 Å². The second-order valence-electron chi connectivity index (χ2n) is 6.41. The number of aromatic nitrogens is 4. The third-order valence-electron chi connectivity index (χ3n) is 4.38. The molecule has 28 heavy (non-hydrogen) atoms. The fraction of sp³-hybridized carbons (Fsp3) is 0.263. The topological polar surface area (TPSA) is 106 Å². The molecule has 0 atom stereocenters. The van der Waals surface area contributed by atoms with Crippen LogP contribution in [0.3, 0.4) is 0 Å². The van der Waals surface area contributed by atoms with Crippen LogP contribution in [0, 0.1) is 12.7 Å². The van der Waals surface area contributed by atoms with Crippen LogP contribution >= 0.6 is 0 Å².